The Balaban J connectivity index is 1.72. The van der Waals surface area contributed by atoms with E-state index in [2.05, 4.69) is 15.1 Å². The van der Waals surface area contributed by atoms with Gasteiger partial charge in [-0.05, 0) is 26.2 Å². The maximum atomic E-state index is 13.3. The third kappa shape index (κ3) is 2.96. The van der Waals surface area contributed by atoms with Crippen LogP contribution in [0.1, 0.15) is 51.1 Å². The lowest BCUT2D eigenvalue weighted by atomic mass is 9.54. The second kappa shape index (κ2) is 6.61. The van der Waals surface area contributed by atoms with Gasteiger partial charge in [-0.2, -0.15) is 27.8 Å². The van der Waals surface area contributed by atoms with Crippen molar-refractivity contribution in [2.75, 3.05) is 18.6 Å². The average molecular weight is 383 g/mol. The Labute approximate surface area is 155 Å². The molecule has 2 aliphatic rings. The largest absolute Gasteiger partial charge is 0.433 e. The second-order valence-corrected chi connectivity index (χ2v) is 7.57. The summed E-state index contributed by atoms with van der Waals surface area (Å²) < 4.78 is 47.3. The Kier molecular flexibility index (Phi) is 4.52. The van der Waals surface area contributed by atoms with E-state index in [1.54, 1.807) is 0 Å². The molecule has 0 amide bonds. The molecule has 1 spiro atoms. The molecule has 2 heterocycles. The Bertz CT molecular complexity index is 815. The molecule has 4 rings (SSSR count). The molecule has 2 aliphatic carbocycles. The molecule has 0 aliphatic heterocycles. The maximum absolute atomic E-state index is 13.3. The zero-order valence-corrected chi connectivity index (χ0v) is 15.5. The molecular weight excluding hydrogens is 359 g/mol. The number of aromatic nitrogens is 4. The smallest absolute Gasteiger partial charge is 0.378 e. The lowest BCUT2D eigenvalue weighted by Gasteiger charge is -2.60. The minimum Gasteiger partial charge on any atom is -0.378 e. The van der Waals surface area contributed by atoms with Crippen molar-refractivity contribution in [2.24, 2.45) is 5.41 Å². The summed E-state index contributed by atoms with van der Waals surface area (Å²) in [5, 5.41) is 4.10. The molecule has 2 unspecified atom stereocenters. The highest BCUT2D eigenvalue weighted by Crippen LogP contribution is 2.55. The Hall–Kier alpha value is -1.90. The summed E-state index contributed by atoms with van der Waals surface area (Å²) in [5.41, 5.74) is -0.944. The third-order valence-corrected chi connectivity index (χ3v) is 6.25. The van der Waals surface area contributed by atoms with E-state index in [0.29, 0.717) is 12.4 Å². The van der Waals surface area contributed by atoms with Crippen LogP contribution in [0.5, 0.6) is 0 Å². The number of rotatable bonds is 4. The zero-order valence-electron chi connectivity index (χ0n) is 15.5. The first-order valence-electron chi connectivity index (χ1n) is 9.49. The quantitative estimate of drug-likeness (QED) is 0.806. The van der Waals surface area contributed by atoms with Gasteiger partial charge in [-0.25, -0.2) is 4.98 Å². The summed E-state index contributed by atoms with van der Waals surface area (Å²) in [4.78, 5) is 9.42. The average Bonchev–Trinajstić information content (AvgIpc) is 3.12. The zero-order chi connectivity index (χ0) is 19.2. The first-order chi connectivity index (χ1) is 12.9. The Morgan fingerprint density at radius 3 is 2.70 bits per heavy atom. The van der Waals surface area contributed by atoms with Crippen LogP contribution in [-0.2, 0) is 10.9 Å². The van der Waals surface area contributed by atoms with Crippen LogP contribution in [-0.4, -0.2) is 45.4 Å². The second-order valence-electron chi connectivity index (χ2n) is 7.57. The number of ether oxygens (including phenoxy) is 1. The van der Waals surface area contributed by atoms with Crippen LogP contribution in [0.2, 0.25) is 0 Å². The molecule has 0 bridgehead atoms. The Morgan fingerprint density at radius 1 is 1.30 bits per heavy atom. The van der Waals surface area contributed by atoms with Gasteiger partial charge in [-0.1, -0.05) is 19.3 Å². The van der Waals surface area contributed by atoms with Gasteiger partial charge < -0.3 is 9.64 Å². The van der Waals surface area contributed by atoms with E-state index in [9.17, 15) is 13.2 Å². The van der Waals surface area contributed by atoms with Crippen molar-refractivity contribution in [3.8, 4) is 0 Å². The van der Waals surface area contributed by atoms with Crippen molar-refractivity contribution in [3.05, 3.63) is 18.1 Å². The standard InChI is InChI=1S/C18H24F3N5O/c1-3-27-14-10-13(17(14)7-5-4-6-8-17)25(2)15-9-12(18(19,20)21)24-16-22-11-23-26(15)16/h9,11,13-14H,3-8,10H2,1-2H3. The highest BCUT2D eigenvalue weighted by molar-refractivity contribution is 5.49. The Morgan fingerprint density at radius 2 is 2.04 bits per heavy atom. The van der Waals surface area contributed by atoms with Crippen LogP contribution in [0.3, 0.4) is 0 Å². The number of hydrogen-bond donors (Lipinski definition) is 0. The number of anilines is 1. The van der Waals surface area contributed by atoms with Crippen LogP contribution in [0.25, 0.3) is 5.78 Å². The topological polar surface area (TPSA) is 55.5 Å². The maximum Gasteiger partial charge on any atom is 0.433 e. The minimum absolute atomic E-state index is 0.00240. The molecule has 2 atom stereocenters. The first kappa shape index (κ1) is 18.5. The van der Waals surface area contributed by atoms with Crippen molar-refractivity contribution in [1.82, 2.24) is 19.6 Å². The highest BCUT2D eigenvalue weighted by atomic mass is 19.4. The van der Waals surface area contributed by atoms with E-state index in [0.717, 1.165) is 38.2 Å². The van der Waals surface area contributed by atoms with E-state index >= 15 is 0 Å². The van der Waals surface area contributed by atoms with E-state index in [-0.39, 0.29) is 23.3 Å². The van der Waals surface area contributed by atoms with Crippen LogP contribution in [0.4, 0.5) is 19.0 Å². The van der Waals surface area contributed by atoms with Gasteiger partial charge in [0.1, 0.15) is 12.1 Å². The lowest BCUT2D eigenvalue weighted by Crippen LogP contribution is -2.65. The van der Waals surface area contributed by atoms with Gasteiger partial charge in [0.25, 0.3) is 5.78 Å². The fourth-order valence-corrected chi connectivity index (χ4v) is 4.92. The van der Waals surface area contributed by atoms with E-state index < -0.39 is 11.9 Å². The van der Waals surface area contributed by atoms with Crippen LogP contribution in [0, 0.1) is 5.41 Å². The van der Waals surface area contributed by atoms with Gasteiger partial charge in [-0.3, -0.25) is 0 Å². The normalized spacial score (nSPS) is 24.9. The van der Waals surface area contributed by atoms with Gasteiger partial charge >= 0.3 is 6.18 Å². The molecule has 6 nitrogen and oxygen atoms in total. The van der Waals surface area contributed by atoms with Gasteiger partial charge in [0.05, 0.1) is 6.10 Å². The monoisotopic (exact) mass is 383 g/mol. The first-order valence-corrected chi connectivity index (χ1v) is 9.49. The number of hydrogen-bond acceptors (Lipinski definition) is 5. The van der Waals surface area contributed by atoms with Crippen molar-refractivity contribution in [1.29, 1.82) is 0 Å². The van der Waals surface area contributed by atoms with Gasteiger partial charge in [0.15, 0.2) is 5.69 Å². The van der Waals surface area contributed by atoms with Gasteiger partial charge in [0.2, 0.25) is 0 Å². The van der Waals surface area contributed by atoms with Crippen molar-refractivity contribution >= 4 is 11.6 Å². The number of halogens is 3. The SMILES string of the molecule is CCOC1CC(N(C)c2cc(C(F)(F)F)nc3ncnn23)C12CCCCC2. The van der Waals surface area contributed by atoms with Crippen molar-refractivity contribution in [3.63, 3.8) is 0 Å². The van der Waals surface area contributed by atoms with Crippen LogP contribution < -0.4 is 4.90 Å². The third-order valence-electron chi connectivity index (χ3n) is 6.25. The van der Waals surface area contributed by atoms with Crippen molar-refractivity contribution < 1.29 is 17.9 Å². The number of fused-ring (bicyclic) bond motifs is 1. The van der Waals surface area contributed by atoms with E-state index in [1.807, 2.05) is 18.9 Å². The summed E-state index contributed by atoms with van der Waals surface area (Å²) in [6.45, 7) is 2.65. The van der Waals surface area contributed by atoms with Gasteiger partial charge in [-0.15, -0.1) is 0 Å². The lowest BCUT2D eigenvalue weighted by molar-refractivity contribution is -0.142. The van der Waals surface area contributed by atoms with Crippen LogP contribution in [0.15, 0.2) is 12.4 Å². The van der Waals surface area contributed by atoms with Crippen molar-refractivity contribution in [2.45, 2.75) is 63.8 Å². The molecule has 0 N–H and O–H groups in total. The summed E-state index contributed by atoms with van der Waals surface area (Å²) in [7, 11) is 1.85. The molecule has 2 saturated carbocycles. The summed E-state index contributed by atoms with van der Waals surface area (Å²) >= 11 is 0. The molecule has 148 valence electrons. The van der Waals surface area contributed by atoms with Gasteiger partial charge in [0, 0.05) is 31.2 Å². The van der Waals surface area contributed by atoms with E-state index in [1.165, 1.54) is 17.3 Å². The summed E-state index contributed by atoms with van der Waals surface area (Å²) in [6, 6.07) is 1.19. The molecule has 0 aromatic carbocycles. The molecular formula is C18H24F3N5O. The van der Waals surface area contributed by atoms with E-state index in [4.69, 9.17) is 4.74 Å². The number of alkyl halides is 3. The fraction of sp³-hybridized carbons (Fsp3) is 0.722. The molecule has 27 heavy (non-hydrogen) atoms. The molecule has 2 aromatic rings. The molecule has 2 fully saturated rings. The summed E-state index contributed by atoms with van der Waals surface area (Å²) in [6.07, 6.45) is 3.26. The fourth-order valence-electron chi connectivity index (χ4n) is 4.92. The minimum atomic E-state index is -4.53. The number of nitrogens with zero attached hydrogens (tertiary/aromatic N) is 5. The predicted molar refractivity (Wildman–Crippen MR) is 93.5 cm³/mol. The molecule has 0 saturated heterocycles. The van der Waals surface area contributed by atoms with Crippen LogP contribution >= 0.6 is 0 Å². The summed E-state index contributed by atoms with van der Waals surface area (Å²) in [5.74, 6) is 0.333. The molecule has 0 radical (unpaired) electrons. The molecule has 9 heteroatoms. The highest BCUT2D eigenvalue weighted by Gasteiger charge is 2.57. The predicted octanol–water partition coefficient (Wildman–Crippen LogP) is 3.71. The molecule has 2 aromatic heterocycles.